The first-order valence-electron chi connectivity index (χ1n) is 7.85. The van der Waals surface area contributed by atoms with Gasteiger partial charge in [-0.1, -0.05) is 42.5 Å². The Kier molecular flexibility index (Phi) is 4.56. The van der Waals surface area contributed by atoms with Gasteiger partial charge >= 0.3 is 0 Å². The Hall–Kier alpha value is -1.80. The van der Waals surface area contributed by atoms with E-state index in [1.807, 2.05) is 0 Å². The van der Waals surface area contributed by atoms with Gasteiger partial charge in [0.05, 0.1) is 6.10 Å². The van der Waals surface area contributed by atoms with Crippen molar-refractivity contribution >= 4 is 0 Å². The Morgan fingerprint density at radius 1 is 0.810 bits per heavy atom. The topological polar surface area (TPSA) is 35.2 Å². The molecule has 1 saturated carbocycles. The zero-order valence-electron chi connectivity index (χ0n) is 12.4. The number of hydrogen-bond acceptors (Lipinski definition) is 2. The average molecular weight is 281 g/mol. The molecule has 21 heavy (non-hydrogen) atoms. The average Bonchev–Trinajstić information content (AvgIpc) is 2.53. The molecule has 1 fully saturated rings. The molecular weight excluding hydrogens is 258 g/mol. The SMILES string of the molecule is NC1CCC(Oc2ccc(Cc3ccccc3)cc2)CC1. The smallest absolute Gasteiger partial charge is 0.119 e. The summed E-state index contributed by atoms with van der Waals surface area (Å²) in [5.74, 6) is 0.979. The molecule has 3 rings (SSSR count). The van der Waals surface area contributed by atoms with Gasteiger partial charge in [-0.05, 0) is 55.4 Å². The van der Waals surface area contributed by atoms with Crippen LogP contribution in [0.4, 0.5) is 0 Å². The number of ether oxygens (including phenoxy) is 1. The molecule has 0 aliphatic heterocycles. The van der Waals surface area contributed by atoms with Crippen LogP contribution < -0.4 is 10.5 Å². The van der Waals surface area contributed by atoms with Gasteiger partial charge in [0.2, 0.25) is 0 Å². The molecule has 2 heteroatoms. The first kappa shape index (κ1) is 14.2. The van der Waals surface area contributed by atoms with E-state index in [1.54, 1.807) is 0 Å². The fourth-order valence-corrected chi connectivity index (χ4v) is 2.92. The summed E-state index contributed by atoms with van der Waals surface area (Å²) < 4.78 is 6.05. The molecule has 2 nitrogen and oxygen atoms in total. The molecule has 0 heterocycles. The highest BCUT2D eigenvalue weighted by molar-refractivity contribution is 5.31. The lowest BCUT2D eigenvalue weighted by Crippen LogP contribution is -2.31. The molecule has 0 radical (unpaired) electrons. The summed E-state index contributed by atoms with van der Waals surface area (Å²) in [6.45, 7) is 0. The van der Waals surface area contributed by atoms with Crippen molar-refractivity contribution in [3.8, 4) is 5.75 Å². The first-order chi connectivity index (χ1) is 10.3. The van der Waals surface area contributed by atoms with Crippen molar-refractivity contribution < 1.29 is 4.74 Å². The van der Waals surface area contributed by atoms with Gasteiger partial charge in [-0.3, -0.25) is 0 Å². The molecular formula is C19H23NO. The Bertz CT molecular complexity index is 542. The number of hydrogen-bond donors (Lipinski definition) is 1. The summed E-state index contributed by atoms with van der Waals surface area (Å²) in [6, 6.07) is 19.4. The third-order valence-electron chi connectivity index (χ3n) is 4.20. The second-order valence-corrected chi connectivity index (χ2v) is 5.96. The molecule has 110 valence electrons. The van der Waals surface area contributed by atoms with Crippen LogP contribution in [0.1, 0.15) is 36.8 Å². The molecule has 2 N–H and O–H groups in total. The normalized spacial score (nSPS) is 22.0. The van der Waals surface area contributed by atoms with Gasteiger partial charge in [0.1, 0.15) is 5.75 Å². The maximum Gasteiger partial charge on any atom is 0.119 e. The molecule has 0 aromatic heterocycles. The van der Waals surface area contributed by atoms with Gasteiger partial charge in [-0.2, -0.15) is 0 Å². The number of rotatable bonds is 4. The summed E-state index contributed by atoms with van der Waals surface area (Å²) >= 11 is 0. The third kappa shape index (κ3) is 4.08. The molecule has 0 spiro atoms. The van der Waals surface area contributed by atoms with Crippen molar-refractivity contribution in [2.45, 2.75) is 44.2 Å². The van der Waals surface area contributed by atoms with Crippen LogP contribution in [0.5, 0.6) is 5.75 Å². The lowest BCUT2D eigenvalue weighted by atomic mass is 9.94. The second kappa shape index (κ2) is 6.77. The van der Waals surface area contributed by atoms with E-state index in [0.717, 1.165) is 37.9 Å². The molecule has 0 bridgehead atoms. The Balaban J connectivity index is 1.57. The van der Waals surface area contributed by atoms with E-state index < -0.39 is 0 Å². The molecule has 0 saturated heterocycles. The van der Waals surface area contributed by atoms with Crippen molar-refractivity contribution in [1.82, 2.24) is 0 Å². The van der Waals surface area contributed by atoms with E-state index in [4.69, 9.17) is 10.5 Å². The minimum atomic E-state index is 0.338. The maximum atomic E-state index is 6.05. The predicted octanol–water partition coefficient (Wildman–Crippen LogP) is 3.93. The lowest BCUT2D eigenvalue weighted by Gasteiger charge is -2.26. The van der Waals surface area contributed by atoms with Crippen molar-refractivity contribution in [3.05, 3.63) is 65.7 Å². The van der Waals surface area contributed by atoms with Gasteiger partial charge in [0.25, 0.3) is 0 Å². The van der Waals surface area contributed by atoms with E-state index in [0.29, 0.717) is 12.1 Å². The highest BCUT2D eigenvalue weighted by Crippen LogP contribution is 2.23. The van der Waals surface area contributed by atoms with Crippen LogP contribution in [0.3, 0.4) is 0 Å². The monoisotopic (exact) mass is 281 g/mol. The molecule has 2 aromatic carbocycles. The summed E-state index contributed by atoms with van der Waals surface area (Å²) in [4.78, 5) is 0. The predicted molar refractivity (Wildman–Crippen MR) is 86.5 cm³/mol. The Morgan fingerprint density at radius 2 is 1.43 bits per heavy atom. The molecule has 1 aliphatic rings. The van der Waals surface area contributed by atoms with Gasteiger partial charge < -0.3 is 10.5 Å². The Labute approximate surface area is 126 Å². The summed E-state index contributed by atoms with van der Waals surface area (Å²) in [5.41, 5.74) is 8.59. The van der Waals surface area contributed by atoms with Gasteiger partial charge in [0, 0.05) is 6.04 Å². The van der Waals surface area contributed by atoms with Crippen molar-refractivity contribution in [2.24, 2.45) is 5.73 Å². The number of benzene rings is 2. The minimum Gasteiger partial charge on any atom is -0.490 e. The molecule has 0 atom stereocenters. The largest absolute Gasteiger partial charge is 0.490 e. The fraction of sp³-hybridized carbons (Fsp3) is 0.368. The molecule has 0 unspecified atom stereocenters. The first-order valence-corrected chi connectivity index (χ1v) is 7.85. The van der Waals surface area contributed by atoms with Crippen LogP contribution in [-0.4, -0.2) is 12.1 Å². The molecule has 1 aliphatic carbocycles. The zero-order valence-corrected chi connectivity index (χ0v) is 12.4. The summed E-state index contributed by atoms with van der Waals surface area (Å²) in [7, 11) is 0. The van der Waals surface area contributed by atoms with E-state index in [9.17, 15) is 0 Å². The minimum absolute atomic E-state index is 0.338. The molecule has 2 aromatic rings. The lowest BCUT2D eigenvalue weighted by molar-refractivity contribution is 0.147. The van der Waals surface area contributed by atoms with Crippen molar-refractivity contribution in [3.63, 3.8) is 0 Å². The van der Waals surface area contributed by atoms with Crippen LogP contribution in [0.2, 0.25) is 0 Å². The van der Waals surface area contributed by atoms with Crippen LogP contribution in [0.25, 0.3) is 0 Å². The summed E-state index contributed by atoms with van der Waals surface area (Å²) in [6.07, 6.45) is 5.62. The standard InChI is InChI=1S/C19H23NO/c20-17-8-12-19(13-9-17)21-18-10-6-16(7-11-18)14-15-4-2-1-3-5-15/h1-7,10-11,17,19H,8-9,12-14,20H2. The van der Waals surface area contributed by atoms with E-state index in [2.05, 4.69) is 54.6 Å². The van der Waals surface area contributed by atoms with Crippen LogP contribution in [0.15, 0.2) is 54.6 Å². The van der Waals surface area contributed by atoms with Gasteiger partial charge in [0.15, 0.2) is 0 Å². The van der Waals surface area contributed by atoms with Crippen LogP contribution in [0, 0.1) is 0 Å². The van der Waals surface area contributed by atoms with Crippen molar-refractivity contribution in [1.29, 1.82) is 0 Å². The third-order valence-corrected chi connectivity index (χ3v) is 4.20. The van der Waals surface area contributed by atoms with Gasteiger partial charge in [-0.25, -0.2) is 0 Å². The van der Waals surface area contributed by atoms with E-state index in [-0.39, 0.29) is 0 Å². The maximum absolute atomic E-state index is 6.05. The number of nitrogens with two attached hydrogens (primary N) is 1. The Morgan fingerprint density at radius 3 is 2.10 bits per heavy atom. The fourth-order valence-electron chi connectivity index (χ4n) is 2.92. The van der Waals surface area contributed by atoms with Crippen LogP contribution in [-0.2, 0) is 6.42 Å². The highest BCUT2D eigenvalue weighted by atomic mass is 16.5. The van der Waals surface area contributed by atoms with Crippen molar-refractivity contribution in [2.75, 3.05) is 0 Å². The quantitative estimate of drug-likeness (QED) is 0.921. The van der Waals surface area contributed by atoms with E-state index in [1.165, 1.54) is 11.1 Å². The zero-order chi connectivity index (χ0) is 14.5. The summed E-state index contributed by atoms with van der Waals surface area (Å²) in [5, 5.41) is 0. The van der Waals surface area contributed by atoms with E-state index >= 15 is 0 Å². The van der Waals surface area contributed by atoms with Gasteiger partial charge in [-0.15, -0.1) is 0 Å². The second-order valence-electron chi connectivity index (χ2n) is 5.96. The van der Waals surface area contributed by atoms with Crippen LogP contribution >= 0.6 is 0 Å². The highest BCUT2D eigenvalue weighted by Gasteiger charge is 2.19. The molecule has 0 amide bonds.